The average Bonchev–Trinajstić information content (AvgIpc) is 2.97. The standard InChI is InChI=1S/C22H36N2O4/c1-27-21-6-7-22(18(14-21)15-23-10-4-2-3-5-11-23)28-17-20(26)16-24-12-8-19(25)9-13-24/h6-7,14,19-20,25-26H,2-5,8-13,15-17H2,1H3/t20-/m0/s1. The Kier molecular flexibility index (Phi) is 8.40. The molecule has 2 fully saturated rings. The lowest BCUT2D eigenvalue weighted by Crippen LogP contribution is -2.41. The maximum absolute atomic E-state index is 10.4. The van der Waals surface area contributed by atoms with Crippen molar-refractivity contribution in [3.63, 3.8) is 0 Å². The molecule has 0 radical (unpaired) electrons. The lowest BCUT2D eigenvalue weighted by molar-refractivity contribution is 0.0335. The van der Waals surface area contributed by atoms with E-state index in [4.69, 9.17) is 9.47 Å². The highest BCUT2D eigenvalue weighted by Crippen LogP contribution is 2.27. The summed E-state index contributed by atoms with van der Waals surface area (Å²) >= 11 is 0. The van der Waals surface area contributed by atoms with Crippen LogP contribution in [-0.2, 0) is 6.54 Å². The van der Waals surface area contributed by atoms with Gasteiger partial charge < -0.3 is 24.6 Å². The number of benzene rings is 1. The largest absolute Gasteiger partial charge is 0.497 e. The summed E-state index contributed by atoms with van der Waals surface area (Å²) in [5.41, 5.74) is 1.12. The molecule has 2 aliphatic rings. The average molecular weight is 393 g/mol. The number of aliphatic hydroxyl groups is 2. The van der Waals surface area contributed by atoms with E-state index in [1.165, 1.54) is 25.7 Å². The topological polar surface area (TPSA) is 65.4 Å². The van der Waals surface area contributed by atoms with Crippen LogP contribution in [0.5, 0.6) is 11.5 Å². The minimum Gasteiger partial charge on any atom is -0.497 e. The highest BCUT2D eigenvalue weighted by atomic mass is 16.5. The number of β-amino-alcohol motifs (C(OH)–C–C–N with tert-alkyl or cyclic N) is 1. The predicted octanol–water partition coefficient (Wildman–Crippen LogP) is 2.27. The third-order valence-corrected chi connectivity index (χ3v) is 5.82. The van der Waals surface area contributed by atoms with Crippen molar-refractivity contribution in [2.24, 2.45) is 0 Å². The van der Waals surface area contributed by atoms with E-state index in [0.29, 0.717) is 6.54 Å². The fraction of sp³-hybridized carbons (Fsp3) is 0.727. The van der Waals surface area contributed by atoms with E-state index in [2.05, 4.69) is 15.9 Å². The second-order valence-corrected chi connectivity index (χ2v) is 8.16. The minimum atomic E-state index is -0.539. The molecule has 2 heterocycles. The van der Waals surface area contributed by atoms with Crippen LogP contribution in [0.25, 0.3) is 0 Å². The Hall–Kier alpha value is -1.34. The maximum Gasteiger partial charge on any atom is 0.124 e. The third kappa shape index (κ3) is 6.62. The highest BCUT2D eigenvalue weighted by Gasteiger charge is 2.20. The van der Waals surface area contributed by atoms with Crippen molar-refractivity contribution >= 4 is 0 Å². The number of nitrogens with zero attached hydrogens (tertiary/aromatic N) is 2. The lowest BCUT2D eigenvalue weighted by atomic mass is 10.1. The SMILES string of the molecule is COc1ccc(OC[C@@H](O)CN2CCC(O)CC2)c(CN2CCCCCC2)c1. The van der Waals surface area contributed by atoms with E-state index < -0.39 is 6.10 Å². The number of aliphatic hydroxyl groups excluding tert-OH is 2. The van der Waals surface area contributed by atoms with Gasteiger partial charge in [-0.15, -0.1) is 0 Å². The van der Waals surface area contributed by atoms with Crippen molar-refractivity contribution in [2.45, 2.75) is 57.3 Å². The summed E-state index contributed by atoms with van der Waals surface area (Å²) in [7, 11) is 1.69. The molecule has 158 valence electrons. The Bertz CT molecular complexity index is 582. The van der Waals surface area contributed by atoms with Gasteiger partial charge in [0.1, 0.15) is 24.2 Å². The molecule has 1 aromatic rings. The molecule has 0 spiro atoms. The van der Waals surface area contributed by atoms with Crippen LogP contribution in [0.3, 0.4) is 0 Å². The quantitative estimate of drug-likeness (QED) is 0.708. The Morgan fingerprint density at radius 1 is 1.04 bits per heavy atom. The van der Waals surface area contributed by atoms with Gasteiger partial charge in [0.25, 0.3) is 0 Å². The van der Waals surface area contributed by atoms with Crippen LogP contribution in [0, 0.1) is 0 Å². The molecular formula is C22H36N2O4. The molecule has 1 aromatic carbocycles. The molecular weight excluding hydrogens is 356 g/mol. The molecule has 0 bridgehead atoms. The Morgan fingerprint density at radius 3 is 2.43 bits per heavy atom. The van der Waals surface area contributed by atoms with E-state index in [0.717, 1.165) is 62.6 Å². The molecule has 2 saturated heterocycles. The van der Waals surface area contributed by atoms with Crippen LogP contribution in [0.15, 0.2) is 18.2 Å². The fourth-order valence-corrected chi connectivity index (χ4v) is 4.12. The van der Waals surface area contributed by atoms with Crippen molar-refractivity contribution in [1.82, 2.24) is 9.80 Å². The lowest BCUT2D eigenvalue weighted by Gasteiger charge is -2.31. The molecule has 0 aromatic heterocycles. The summed E-state index contributed by atoms with van der Waals surface area (Å²) in [5, 5.41) is 20.0. The Labute approximate surface area is 169 Å². The van der Waals surface area contributed by atoms with Gasteiger partial charge in [-0.3, -0.25) is 4.90 Å². The van der Waals surface area contributed by atoms with Gasteiger partial charge in [0.2, 0.25) is 0 Å². The van der Waals surface area contributed by atoms with E-state index >= 15 is 0 Å². The molecule has 3 rings (SSSR count). The molecule has 28 heavy (non-hydrogen) atoms. The van der Waals surface area contributed by atoms with Gasteiger partial charge in [-0.1, -0.05) is 12.8 Å². The molecule has 0 saturated carbocycles. The summed E-state index contributed by atoms with van der Waals surface area (Å²) < 4.78 is 11.4. The number of hydrogen-bond donors (Lipinski definition) is 2. The van der Waals surface area contributed by atoms with Crippen LogP contribution >= 0.6 is 0 Å². The maximum atomic E-state index is 10.4. The van der Waals surface area contributed by atoms with Crippen molar-refractivity contribution in [2.75, 3.05) is 46.4 Å². The molecule has 1 atom stereocenters. The number of likely N-dealkylation sites (tertiary alicyclic amines) is 2. The van der Waals surface area contributed by atoms with Crippen molar-refractivity contribution in [3.8, 4) is 11.5 Å². The van der Waals surface area contributed by atoms with Gasteiger partial charge in [-0.05, 0) is 57.0 Å². The normalized spacial score (nSPS) is 21.2. The smallest absolute Gasteiger partial charge is 0.124 e. The van der Waals surface area contributed by atoms with E-state index in [-0.39, 0.29) is 12.7 Å². The zero-order valence-corrected chi connectivity index (χ0v) is 17.2. The van der Waals surface area contributed by atoms with E-state index in [1.807, 2.05) is 12.1 Å². The first-order valence-corrected chi connectivity index (χ1v) is 10.7. The first-order chi connectivity index (χ1) is 13.6. The second kappa shape index (κ2) is 11.0. The third-order valence-electron chi connectivity index (χ3n) is 5.82. The zero-order valence-electron chi connectivity index (χ0n) is 17.2. The summed E-state index contributed by atoms with van der Waals surface area (Å²) in [5.74, 6) is 1.67. The predicted molar refractivity (Wildman–Crippen MR) is 110 cm³/mol. The molecule has 0 aliphatic carbocycles. The second-order valence-electron chi connectivity index (χ2n) is 8.16. The van der Waals surface area contributed by atoms with Crippen molar-refractivity contribution < 1.29 is 19.7 Å². The van der Waals surface area contributed by atoms with Gasteiger partial charge in [0, 0.05) is 31.7 Å². The summed E-state index contributed by atoms with van der Waals surface area (Å²) in [4.78, 5) is 4.69. The van der Waals surface area contributed by atoms with Gasteiger partial charge in [0.05, 0.1) is 13.2 Å². The van der Waals surface area contributed by atoms with Crippen molar-refractivity contribution in [3.05, 3.63) is 23.8 Å². The number of piperidine rings is 1. The van der Waals surface area contributed by atoms with Gasteiger partial charge in [-0.25, -0.2) is 0 Å². The molecule has 2 N–H and O–H groups in total. The van der Waals surface area contributed by atoms with Crippen LogP contribution in [0.1, 0.15) is 44.1 Å². The highest BCUT2D eigenvalue weighted by molar-refractivity contribution is 5.40. The zero-order chi connectivity index (χ0) is 19.8. The Balaban J connectivity index is 1.55. The summed E-state index contributed by atoms with van der Waals surface area (Å²) in [6, 6.07) is 5.92. The van der Waals surface area contributed by atoms with Crippen LogP contribution < -0.4 is 9.47 Å². The first kappa shape index (κ1) is 21.4. The minimum absolute atomic E-state index is 0.189. The number of hydrogen-bond acceptors (Lipinski definition) is 6. The van der Waals surface area contributed by atoms with E-state index in [9.17, 15) is 10.2 Å². The number of ether oxygens (including phenoxy) is 2. The van der Waals surface area contributed by atoms with Gasteiger partial charge in [-0.2, -0.15) is 0 Å². The van der Waals surface area contributed by atoms with Crippen LogP contribution in [-0.4, -0.2) is 78.7 Å². The Morgan fingerprint density at radius 2 is 1.75 bits per heavy atom. The van der Waals surface area contributed by atoms with Gasteiger partial charge >= 0.3 is 0 Å². The summed E-state index contributed by atoms with van der Waals surface area (Å²) in [6.07, 6.45) is 5.98. The summed E-state index contributed by atoms with van der Waals surface area (Å²) in [6.45, 7) is 5.64. The van der Waals surface area contributed by atoms with Gasteiger partial charge in [0.15, 0.2) is 0 Å². The number of methoxy groups -OCH3 is 1. The van der Waals surface area contributed by atoms with Crippen molar-refractivity contribution in [1.29, 1.82) is 0 Å². The molecule has 6 nitrogen and oxygen atoms in total. The molecule has 0 amide bonds. The van der Waals surface area contributed by atoms with Crippen LogP contribution in [0.2, 0.25) is 0 Å². The fourth-order valence-electron chi connectivity index (χ4n) is 4.12. The molecule has 2 aliphatic heterocycles. The van der Waals surface area contributed by atoms with E-state index in [1.54, 1.807) is 7.11 Å². The van der Waals surface area contributed by atoms with Crippen LogP contribution in [0.4, 0.5) is 0 Å². The number of rotatable bonds is 8. The first-order valence-electron chi connectivity index (χ1n) is 10.7. The monoisotopic (exact) mass is 392 g/mol. The molecule has 6 heteroatoms. The molecule has 0 unspecified atom stereocenters.